The third kappa shape index (κ3) is 18.0. The maximum absolute atomic E-state index is 10.5. The highest BCUT2D eigenvalue weighted by Gasteiger charge is 2.32. The van der Waals surface area contributed by atoms with E-state index >= 15 is 0 Å². The van der Waals surface area contributed by atoms with Crippen molar-refractivity contribution in [1.82, 2.24) is 94.6 Å². The van der Waals surface area contributed by atoms with Gasteiger partial charge in [-0.05, 0) is 218 Å². The van der Waals surface area contributed by atoms with Crippen LogP contribution in [0.1, 0.15) is 179 Å². The van der Waals surface area contributed by atoms with Gasteiger partial charge in [-0.2, -0.15) is 25.5 Å². The van der Waals surface area contributed by atoms with Gasteiger partial charge in [0.15, 0.2) is 5.60 Å². The molecule has 0 amide bonds. The molecule has 0 aliphatic heterocycles. The second kappa shape index (κ2) is 33.4. The number of fused-ring (bicyclic) bond motifs is 5. The first kappa shape index (κ1) is 77.5. The first-order valence-corrected chi connectivity index (χ1v) is 39.5. The normalized spacial score (nSPS) is 15.6. The quantitative estimate of drug-likeness (QED) is 0.0632. The van der Waals surface area contributed by atoms with Crippen LogP contribution in [0.5, 0.6) is 0 Å². The van der Waals surface area contributed by atoms with E-state index in [2.05, 4.69) is 194 Å². The molecule has 14 heterocycles. The highest BCUT2D eigenvalue weighted by Crippen LogP contribution is 2.38. The molecule has 3 saturated carbocycles. The number of pyridine rings is 5. The van der Waals surface area contributed by atoms with Crippen molar-refractivity contribution in [3.05, 3.63) is 232 Å². The minimum atomic E-state index is -1.28. The van der Waals surface area contributed by atoms with Crippen LogP contribution in [0.15, 0.2) is 166 Å². The zero-order valence-corrected chi connectivity index (χ0v) is 65.6. The lowest BCUT2D eigenvalue weighted by Gasteiger charge is -2.12. The predicted octanol–water partition coefficient (Wildman–Crippen LogP) is 13.2. The zero-order valence-electron chi connectivity index (χ0n) is 64.8. The minimum Gasteiger partial charge on any atom is -0.378 e. The second-order valence-electron chi connectivity index (χ2n) is 30.0. The van der Waals surface area contributed by atoms with Gasteiger partial charge in [0.25, 0.3) is 0 Å². The summed E-state index contributed by atoms with van der Waals surface area (Å²) in [5.74, 6) is 29.8. The van der Waals surface area contributed by atoms with Crippen molar-refractivity contribution in [2.75, 3.05) is 0 Å². The van der Waals surface area contributed by atoms with Gasteiger partial charge in [0, 0.05) is 154 Å². The number of allylic oxidation sites excluding steroid dienone is 2. The lowest BCUT2D eigenvalue weighted by atomic mass is 10.0. The third-order valence-corrected chi connectivity index (χ3v) is 22.1. The van der Waals surface area contributed by atoms with Gasteiger partial charge in [-0.15, -0.1) is 11.3 Å². The number of thiazole rings is 1. The molecule has 19 rings (SSSR count). The van der Waals surface area contributed by atoms with E-state index in [-0.39, 0.29) is 0 Å². The molecule has 1 atom stereocenters. The van der Waals surface area contributed by atoms with E-state index in [1.165, 1.54) is 33.6 Å². The summed E-state index contributed by atoms with van der Waals surface area (Å²) in [5, 5.41) is 91.3. The molecule has 14 aromatic rings. The summed E-state index contributed by atoms with van der Waals surface area (Å²) in [5.41, 5.74) is 17.3. The van der Waals surface area contributed by atoms with Gasteiger partial charge in [-0.1, -0.05) is 41.8 Å². The zero-order chi connectivity index (χ0) is 79.7. The summed E-state index contributed by atoms with van der Waals surface area (Å²) >= 11 is 1.38. The number of rotatable bonds is 8. The Kier molecular flexibility index (Phi) is 22.5. The summed E-state index contributed by atoms with van der Waals surface area (Å²) < 4.78 is 6.37. The molecule has 0 bridgehead atoms. The van der Waals surface area contributed by atoms with Gasteiger partial charge in [0.05, 0.1) is 66.1 Å². The first-order valence-electron chi connectivity index (χ1n) is 38.6. The highest BCUT2D eigenvalue weighted by atomic mass is 32.1. The van der Waals surface area contributed by atoms with Crippen molar-refractivity contribution >= 4 is 55.2 Å². The van der Waals surface area contributed by atoms with Crippen LogP contribution in [-0.4, -0.2) is 143 Å². The molecule has 10 N–H and O–H groups in total. The number of aliphatic hydroxyl groups is 5. The standard InChI is InChI=1S/C19H20N4O.C18H14N4OS.C18H18N4O.C18H17N3O.C17H18N4O/c1-2-23-13-17(14-10-21-22-11-14)16-9-15(20-12-18(16)23)5-8-19(24)6-3-4-7-19;1-18(23,17-19-6-7-24-17)5-4-14-8-16-12(9-20-14)2-3-15(16)13-10-21-22-11-13;1-22-12-16(13-9-20-21-10-13)15-8-14(19-11-17(15)22)4-7-18(23)5-2-3-6-18;22-18(6-1-2-7-18)8-5-15-9-17-13(10-19-15)3-4-16(17)14-11-20-21-12-14;1-4-21-11-15(12-8-19-20-9-12)14-7-13(18-10-16(14)21)5-6-17(2,3)22/h9-13,24H,2-4,6-7H2,1H3,(H,21,22);3,6-11,23H,2H2,1H3,(H,21,22);8-12,23H,2-3,5-6H2,1H3,(H,20,21);4,9-12,22H,1-3,6-7H2,(H,20,21);7-11,22H,4H2,1-3H3,(H,19,20). The predicted molar refractivity (Wildman–Crippen MR) is 444 cm³/mol. The monoisotopic (exact) mass is 1550 g/mol. The molecule has 0 spiro atoms. The van der Waals surface area contributed by atoms with Crippen molar-refractivity contribution in [1.29, 1.82) is 0 Å². The molecular weight excluding hydrogens is 1460 g/mol. The van der Waals surface area contributed by atoms with Crippen LogP contribution in [0.4, 0.5) is 0 Å². The lowest BCUT2D eigenvalue weighted by molar-refractivity contribution is 0.109. The Morgan fingerprint density at radius 3 is 1.17 bits per heavy atom. The van der Waals surface area contributed by atoms with Gasteiger partial charge >= 0.3 is 0 Å². The van der Waals surface area contributed by atoms with Gasteiger partial charge in [-0.3, -0.25) is 25.5 Å². The van der Waals surface area contributed by atoms with Crippen molar-refractivity contribution in [3.63, 3.8) is 0 Å². The Morgan fingerprint density at radius 2 is 0.783 bits per heavy atom. The number of aromatic amines is 5. The topological polar surface area (TPSA) is 337 Å². The fourth-order valence-corrected chi connectivity index (χ4v) is 15.6. The van der Waals surface area contributed by atoms with Gasteiger partial charge in [0.2, 0.25) is 0 Å². The molecule has 24 nitrogen and oxygen atoms in total. The highest BCUT2D eigenvalue weighted by molar-refractivity contribution is 7.09. The van der Waals surface area contributed by atoms with E-state index in [0.29, 0.717) is 27.8 Å². The van der Waals surface area contributed by atoms with E-state index in [0.717, 1.165) is 197 Å². The average molecular weight is 1550 g/mol. The minimum absolute atomic E-state index is 0.579. The number of hydrogen-bond acceptors (Lipinski definition) is 17. The van der Waals surface area contributed by atoms with Gasteiger partial charge in [0.1, 0.15) is 55.9 Å². The molecule has 3 fully saturated rings. The van der Waals surface area contributed by atoms with E-state index in [1.54, 1.807) is 39.4 Å². The summed E-state index contributed by atoms with van der Waals surface area (Å²) in [6.07, 6.45) is 52.6. The summed E-state index contributed by atoms with van der Waals surface area (Å²) in [6.45, 7) is 10.9. The number of nitrogens with zero attached hydrogens (tertiary/aromatic N) is 14. The molecule has 14 aromatic heterocycles. The number of aryl methyl sites for hydroxylation is 3. The van der Waals surface area contributed by atoms with E-state index in [4.69, 9.17) is 0 Å². The smallest absolute Gasteiger partial charge is 0.174 e. The molecule has 0 saturated heterocycles. The van der Waals surface area contributed by atoms with Crippen molar-refractivity contribution in [2.45, 2.75) is 166 Å². The Morgan fingerprint density at radius 1 is 0.426 bits per heavy atom. The van der Waals surface area contributed by atoms with Crippen LogP contribution in [0.3, 0.4) is 0 Å². The van der Waals surface area contributed by atoms with Crippen molar-refractivity contribution in [2.24, 2.45) is 7.05 Å². The Balaban J connectivity index is 0.000000113. The average Bonchev–Trinajstić information content (AvgIpc) is 1.43. The maximum Gasteiger partial charge on any atom is 0.174 e. The second-order valence-corrected chi connectivity index (χ2v) is 30.9. The molecule has 25 heteroatoms. The van der Waals surface area contributed by atoms with E-state index in [9.17, 15) is 25.5 Å². The fourth-order valence-electron chi connectivity index (χ4n) is 14.9. The Bertz CT molecular complexity index is 6200. The number of nitrogens with one attached hydrogen (secondary N) is 5. The van der Waals surface area contributed by atoms with E-state index < -0.39 is 28.0 Å². The summed E-state index contributed by atoms with van der Waals surface area (Å²) in [6, 6.07) is 9.94. The third-order valence-electron chi connectivity index (χ3n) is 21.1. The fraction of sp³-hybridized carbons (Fsp3) is 0.300. The van der Waals surface area contributed by atoms with Crippen molar-refractivity contribution < 1.29 is 25.5 Å². The summed E-state index contributed by atoms with van der Waals surface area (Å²) in [4.78, 5) is 26.2. The number of aromatic nitrogens is 19. The van der Waals surface area contributed by atoms with Gasteiger partial charge < -0.3 is 39.2 Å². The van der Waals surface area contributed by atoms with Crippen LogP contribution >= 0.6 is 11.3 Å². The Labute approximate surface area is 669 Å². The van der Waals surface area contributed by atoms with E-state index in [1.807, 2.05) is 128 Å². The van der Waals surface area contributed by atoms with Gasteiger partial charge in [-0.25, -0.2) is 29.9 Å². The molecule has 5 aliphatic carbocycles. The molecule has 1 unspecified atom stereocenters. The Hall–Kier alpha value is -12.9. The van der Waals surface area contributed by atoms with Crippen molar-refractivity contribution in [3.8, 4) is 92.6 Å². The lowest BCUT2D eigenvalue weighted by Crippen LogP contribution is -2.20. The molecule has 5 aliphatic rings. The molecule has 115 heavy (non-hydrogen) atoms. The van der Waals surface area contributed by atoms with Crippen LogP contribution in [-0.2, 0) is 38.6 Å². The first-order chi connectivity index (χ1) is 55.7. The number of H-pyrrole nitrogens is 5. The molecule has 578 valence electrons. The largest absolute Gasteiger partial charge is 0.378 e. The molecular formula is C90H87N19O5S. The van der Waals surface area contributed by atoms with Crippen LogP contribution < -0.4 is 0 Å². The number of hydrogen-bond donors (Lipinski definition) is 10. The maximum atomic E-state index is 10.5. The SMILES string of the molecule is CC(O)(C#Cc1cc2c(cn1)CC=C2c1cn[nH]c1)c1nccs1.CCn1cc(-c2cn[nH]c2)c2cc(C#CC(C)(C)O)ncc21.CCn1cc(-c2cn[nH]c2)c2cc(C#CC3(O)CCCC3)ncc21.Cn1cc(-c2cn[nH]c2)c2cc(C#CC3(O)CCCC3)ncc21.OC1(C#Cc2cc3c(cn2)CC=C3c2cn[nH]c2)CCCC1. The summed E-state index contributed by atoms with van der Waals surface area (Å²) in [7, 11) is 2.00. The van der Waals surface area contributed by atoms with Crippen LogP contribution in [0.2, 0.25) is 0 Å². The molecule has 0 aromatic carbocycles. The molecule has 0 radical (unpaired) electrons. The van der Waals surface area contributed by atoms with Crippen LogP contribution in [0.25, 0.3) is 77.2 Å². The van der Waals surface area contributed by atoms with Crippen LogP contribution in [0, 0.1) is 59.2 Å².